The molecule has 1 nitrogen and oxygen atoms in total. The van der Waals surface area contributed by atoms with Crippen LogP contribution in [-0.4, -0.2) is 5.78 Å². The summed E-state index contributed by atoms with van der Waals surface area (Å²) in [5, 5.41) is 0. The number of hydrogen-bond donors (Lipinski definition) is 0. The van der Waals surface area contributed by atoms with Crippen LogP contribution in [-0.2, 0) is 17.4 Å². The molecule has 0 fully saturated rings. The predicted molar refractivity (Wildman–Crippen MR) is 75.9 cm³/mol. The number of carbonyl (C=O) groups excluding carboxylic acids is 1. The van der Waals surface area contributed by atoms with E-state index in [1.807, 2.05) is 6.08 Å². The molecule has 0 aliphatic heterocycles. The quantitative estimate of drug-likeness (QED) is 0.758. The Morgan fingerprint density at radius 3 is 2.62 bits per heavy atom. The summed E-state index contributed by atoms with van der Waals surface area (Å²) in [5.74, 6) is -0.0452. The molecular formula is C17H19F3O. The van der Waals surface area contributed by atoms with Gasteiger partial charge >= 0.3 is 6.18 Å². The second-order valence-electron chi connectivity index (χ2n) is 5.48. The van der Waals surface area contributed by atoms with E-state index in [0.29, 0.717) is 5.56 Å². The van der Waals surface area contributed by atoms with E-state index < -0.39 is 11.7 Å². The van der Waals surface area contributed by atoms with Crippen LogP contribution < -0.4 is 0 Å². The van der Waals surface area contributed by atoms with Gasteiger partial charge in [0.1, 0.15) is 0 Å². The fourth-order valence-electron chi connectivity index (χ4n) is 2.60. The molecule has 114 valence electrons. The molecule has 1 aromatic carbocycles. The highest BCUT2D eigenvalue weighted by Gasteiger charge is 2.30. The molecule has 0 spiro atoms. The number of hydrogen-bond acceptors (Lipinski definition) is 1. The first kappa shape index (κ1) is 15.8. The summed E-state index contributed by atoms with van der Waals surface area (Å²) in [7, 11) is 0. The molecule has 2 rings (SSSR count). The Morgan fingerprint density at radius 1 is 1.10 bits per heavy atom. The van der Waals surface area contributed by atoms with E-state index in [4.69, 9.17) is 0 Å². The van der Waals surface area contributed by atoms with E-state index in [9.17, 15) is 18.0 Å². The second kappa shape index (κ2) is 6.92. The molecule has 0 amide bonds. The molecule has 1 aromatic rings. The van der Waals surface area contributed by atoms with E-state index >= 15 is 0 Å². The van der Waals surface area contributed by atoms with E-state index in [2.05, 4.69) is 0 Å². The first-order chi connectivity index (χ1) is 9.97. The Balaban J connectivity index is 2.08. The van der Waals surface area contributed by atoms with Crippen molar-refractivity contribution >= 4 is 5.78 Å². The summed E-state index contributed by atoms with van der Waals surface area (Å²) < 4.78 is 38.0. The van der Waals surface area contributed by atoms with Crippen molar-refractivity contribution in [1.82, 2.24) is 0 Å². The minimum atomic E-state index is -4.36. The highest BCUT2D eigenvalue weighted by Crippen LogP contribution is 2.30. The van der Waals surface area contributed by atoms with Crippen molar-refractivity contribution in [2.75, 3.05) is 0 Å². The van der Waals surface area contributed by atoms with E-state index in [1.54, 1.807) is 6.07 Å². The van der Waals surface area contributed by atoms with E-state index in [0.717, 1.165) is 49.8 Å². The Kier molecular flexibility index (Phi) is 5.21. The van der Waals surface area contributed by atoms with Gasteiger partial charge in [-0.05, 0) is 42.9 Å². The number of halogens is 3. The van der Waals surface area contributed by atoms with Crippen LogP contribution in [0.4, 0.5) is 13.2 Å². The van der Waals surface area contributed by atoms with Gasteiger partial charge in [-0.3, -0.25) is 4.79 Å². The van der Waals surface area contributed by atoms with E-state index in [-0.39, 0.29) is 12.2 Å². The topological polar surface area (TPSA) is 17.1 Å². The largest absolute Gasteiger partial charge is 0.416 e. The lowest BCUT2D eigenvalue weighted by Gasteiger charge is -2.12. The Hall–Kier alpha value is -1.58. The summed E-state index contributed by atoms with van der Waals surface area (Å²) >= 11 is 0. The third-order valence-corrected chi connectivity index (χ3v) is 3.77. The van der Waals surface area contributed by atoms with Gasteiger partial charge in [0.2, 0.25) is 0 Å². The van der Waals surface area contributed by atoms with Gasteiger partial charge in [0, 0.05) is 6.42 Å². The molecule has 0 radical (unpaired) electrons. The average Bonchev–Trinajstić information content (AvgIpc) is 2.37. The summed E-state index contributed by atoms with van der Waals surface area (Å²) in [6, 6.07) is 5.04. The average molecular weight is 296 g/mol. The third-order valence-electron chi connectivity index (χ3n) is 3.77. The predicted octanol–water partition coefficient (Wildman–Crippen LogP) is 5.10. The van der Waals surface area contributed by atoms with Gasteiger partial charge in [-0.2, -0.15) is 13.2 Å². The highest BCUT2D eigenvalue weighted by molar-refractivity contribution is 5.96. The van der Waals surface area contributed by atoms with Crippen molar-refractivity contribution < 1.29 is 18.0 Å². The van der Waals surface area contributed by atoms with E-state index in [1.165, 1.54) is 12.5 Å². The molecule has 0 aromatic heterocycles. The zero-order valence-corrected chi connectivity index (χ0v) is 11.9. The van der Waals surface area contributed by atoms with Crippen LogP contribution in [0.15, 0.2) is 35.9 Å². The normalized spacial score (nSPS) is 19.3. The number of ketones is 1. The van der Waals surface area contributed by atoms with Crippen LogP contribution >= 0.6 is 0 Å². The Bertz CT molecular complexity index is 529. The van der Waals surface area contributed by atoms with Crippen LogP contribution in [0.2, 0.25) is 0 Å². The monoisotopic (exact) mass is 296 g/mol. The van der Waals surface area contributed by atoms with Gasteiger partial charge in [0.15, 0.2) is 5.78 Å². The van der Waals surface area contributed by atoms with Gasteiger partial charge < -0.3 is 0 Å². The summed E-state index contributed by atoms with van der Waals surface area (Å²) in [4.78, 5) is 12.2. The molecule has 0 N–H and O–H groups in total. The van der Waals surface area contributed by atoms with Crippen LogP contribution in [0.3, 0.4) is 0 Å². The SMILES string of the molecule is O=C(Cc1cccc(C(F)(F)F)c1)/C1=C/CCCCCC1. The molecule has 0 heterocycles. The lowest BCUT2D eigenvalue weighted by Crippen LogP contribution is -2.10. The lowest BCUT2D eigenvalue weighted by atomic mass is 9.94. The fraction of sp³-hybridized carbons (Fsp3) is 0.471. The number of rotatable bonds is 3. The molecule has 4 heteroatoms. The first-order valence-corrected chi connectivity index (χ1v) is 7.35. The fourth-order valence-corrected chi connectivity index (χ4v) is 2.60. The minimum Gasteiger partial charge on any atom is -0.294 e. The van der Waals surface area contributed by atoms with Crippen LogP contribution in [0.5, 0.6) is 0 Å². The number of allylic oxidation sites excluding steroid dienone is 2. The summed E-state index contributed by atoms with van der Waals surface area (Å²) in [6.45, 7) is 0. The highest BCUT2D eigenvalue weighted by atomic mass is 19.4. The number of benzene rings is 1. The molecule has 1 aliphatic carbocycles. The maximum atomic E-state index is 12.7. The second-order valence-corrected chi connectivity index (χ2v) is 5.48. The van der Waals surface area contributed by atoms with Gasteiger partial charge in [-0.25, -0.2) is 0 Å². The smallest absolute Gasteiger partial charge is 0.294 e. The van der Waals surface area contributed by atoms with Crippen LogP contribution in [0.25, 0.3) is 0 Å². The summed E-state index contributed by atoms with van der Waals surface area (Å²) in [5.41, 5.74) is 0.518. The number of carbonyl (C=O) groups is 1. The third kappa shape index (κ3) is 4.73. The summed E-state index contributed by atoms with van der Waals surface area (Å²) in [6.07, 6.45) is 3.67. The Morgan fingerprint density at radius 2 is 1.86 bits per heavy atom. The van der Waals surface area contributed by atoms with Crippen molar-refractivity contribution in [1.29, 1.82) is 0 Å². The molecule has 0 saturated carbocycles. The van der Waals surface area contributed by atoms with Crippen molar-refractivity contribution in [3.8, 4) is 0 Å². The molecule has 0 saturated heterocycles. The zero-order valence-electron chi connectivity index (χ0n) is 11.9. The molecule has 21 heavy (non-hydrogen) atoms. The number of alkyl halides is 3. The van der Waals surface area contributed by atoms with Gasteiger partial charge in [0.05, 0.1) is 5.56 Å². The minimum absolute atomic E-state index is 0.0452. The maximum absolute atomic E-state index is 12.7. The van der Waals surface area contributed by atoms with Crippen molar-refractivity contribution in [3.05, 3.63) is 47.0 Å². The molecule has 1 aliphatic rings. The van der Waals surface area contributed by atoms with Crippen molar-refractivity contribution in [3.63, 3.8) is 0 Å². The number of Topliss-reactive ketones (excluding diaryl/α,β-unsaturated/α-hetero) is 1. The maximum Gasteiger partial charge on any atom is 0.416 e. The first-order valence-electron chi connectivity index (χ1n) is 7.35. The van der Waals surface area contributed by atoms with Gasteiger partial charge in [-0.15, -0.1) is 0 Å². The Labute approximate surface area is 122 Å². The zero-order chi connectivity index (χ0) is 15.3. The van der Waals surface area contributed by atoms with Crippen LogP contribution in [0.1, 0.15) is 49.7 Å². The molecule has 0 unspecified atom stereocenters. The molecule has 0 bridgehead atoms. The molecule has 0 atom stereocenters. The lowest BCUT2D eigenvalue weighted by molar-refractivity contribution is -0.137. The van der Waals surface area contributed by atoms with Gasteiger partial charge in [0.25, 0.3) is 0 Å². The standard InChI is InChI=1S/C17H19F3O/c18-17(19,20)15-10-6-7-13(11-15)12-16(21)14-8-4-2-1-3-5-9-14/h6-8,10-11H,1-5,9,12H2/b14-8+. The van der Waals surface area contributed by atoms with Gasteiger partial charge in [-0.1, -0.05) is 37.1 Å². The van der Waals surface area contributed by atoms with Crippen molar-refractivity contribution in [2.24, 2.45) is 0 Å². The van der Waals surface area contributed by atoms with Crippen molar-refractivity contribution in [2.45, 2.75) is 51.1 Å². The van der Waals surface area contributed by atoms with Crippen LogP contribution in [0, 0.1) is 0 Å². The molecular weight excluding hydrogens is 277 g/mol.